The second-order valence-electron chi connectivity index (χ2n) is 7.70. The van der Waals surface area contributed by atoms with Gasteiger partial charge in [-0.2, -0.15) is 9.40 Å². The van der Waals surface area contributed by atoms with Gasteiger partial charge in [0, 0.05) is 37.6 Å². The lowest BCUT2D eigenvalue weighted by Crippen LogP contribution is -2.48. The number of carbonyl (C=O) groups is 1. The number of piperazine rings is 1. The van der Waals surface area contributed by atoms with E-state index >= 15 is 0 Å². The summed E-state index contributed by atoms with van der Waals surface area (Å²) in [5.41, 5.74) is 1.61. The van der Waals surface area contributed by atoms with Crippen LogP contribution in [0.2, 0.25) is 0 Å². The Morgan fingerprint density at radius 2 is 1.93 bits per heavy atom. The summed E-state index contributed by atoms with van der Waals surface area (Å²) < 4.78 is 27.5. The smallest absolute Gasteiger partial charge is 0.276 e. The number of rotatable bonds is 7. The van der Waals surface area contributed by atoms with Gasteiger partial charge in [0.25, 0.3) is 5.91 Å². The second-order valence-corrected chi connectivity index (χ2v) is 9.63. The van der Waals surface area contributed by atoms with Crippen LogP contribution in [0, 0.1) is 5.92 Å². The van der Waals surface area contributed by atoms with Crippen LogP contribution in [0.4, 0.5) is 5.69 Å². The lowest BCUT2D eigenvalue weighted by Gasteiger charge is -2.33. The standard InChI is InChI=1S/C20H29N5O3S/c1-4-24-8-10-25(11-9-24)29(27,28)18-7-5-6-16(13-18)21-20(26)19-14-17(22-23-19)12-15(2)3/h5-7,13-15H,4,8-12H2,1-3H3,(H,21,26)(H,22,23). The van der Waals surface area contributed by atoms with E-state index in [9.17, 15) is 13.2 Å². The number of nitrogens with zero attached hydrogens (tertiary/aromatic N) is 3. The van der Waals surface area contributed by atoms with Crippen molar-refractivity contribution in [2.75, 3.05) is 38.0 Å². The Balaban J connectivity index is 1.70. The number of sulfonamides is 1. The van der Waals surface area contributed by atoms with Gasteiger partial charge in [-0.05, 0) is 43.1 Å². The molecule has 0 unspecified atom stereocenters. The van der Waals surface area contributed by atoms with Crippen LogP contribution >= 0.6 is 0 Å². The van der Waals surface area contributed by atoms with Crippen molar-refractivity contribution in [1.29, 1.82) is 0 Å². The molecular formula is C20H29N5O3S. The summed E-state index contributed by atoms with van der Waals surface area (Å²) in [6.07, 6.45) is 0.805. The quantitative estimate of drug-likeness (QED) is 0.717. The minimum Gasteiger partial charge on any atom is -0.321 e. The van der Waals surface area contributed by atoms with E-state index in [2.05, 4.69) is 41.2 Å². The molecule has 0 aliphatic carbocycles. The minimum absolute atomic E-state index is 0.183. The van der Waals surface area contributed by atoms with Gasteiger partial charge in [-0.15, -0.1) is 0 Å². The van der Waals surface area contributed by atoms with Crippen LogP contribution in [0.25, 0.3) is 0 Å². The van der Waals surface area contributed by atoms with Gasteiger partial charge in [-0.3, -0.25) is 9.89 Å². The minimum atomic E-state index is -3.59. The summed E-state index contributed by atoms with van der Waals surface area (Å²) >= 11 is 0. The number of likely N-dealkylation sites (N-methyl/N-ethyl adjacent to an activating group) is 1. The van der Waals surface area contributed by atoms with Gasteiger partial charge in [0.2, 0.25) is 10.0 Å². The monoisotopic (exact) mass is 419 g/mol. The SMILES string of the molecule is CCN1CCN(S(=O)(=O)c2cccc(NC(=O)c3cc(CC(C)C)[nH]n3)c2)CC1. The lowest BCUT2D eigenvalue weighted by molar-refractivity contribution is 0.102. The molecule has 29 heavy (non-hydrogen) atoms. The second kappa shape index (κ2) is 9.06. The van der Waals surface area contributed by atoms with E-state index in [0.29, 0.717) is 24.7 Å². The highest BCUT2D eigenvalue weighted by Gasteiger charge is 2.28. The molecule has 0 bridgehead atoms. The zero-order valence-corrected chi connectivity index (χ0v) is 18.0. The summed E-state index contributed by atoms with van der Waals surface area (Å²) in [6, 6.07) is 8.10. The van der Waals surface area contributed by atoms with Crippen LogP contribution in [-0.4, -0.2) is 66.5 Å². The molecule has 0 radical (unpaired) electrons. The molecule has 0 atom stereocenters. The molecule has 2 N–H and O–H groups in total. The van der Waals surface area contributed by atoms with E-state index < -0.39 is 10.0 Å². The van der Waals surface area contributed by atoms with Gasteiger partial charge < -0.3 is 10.2 Å². The van der Waals surface area contributed by atoms with Crippen molar-refractivity contribution < 1.29 is 13.2 Å². The Hall–Kier alpha value is -2.23. The fourth-order valence-electron chi connectivity index (χ4n) is 3.39. The molecule has 3 rings (SSSR count). The number of anilines is 1. The largest absolute Gasteiger partial charge is 0.321 e. The fourth-order valence-corrected chi connectivity index (χ4v) is 4.86. The molecule has 0 saturated carbocycles. The van der Waals surface area contributed by atoms with Gasteiger partial charge in [0.15, 0.2) is 5.69 Å². The third-order valence-corrected chi connectivity index (χ3v) is 6.89. The molecule has 8 nitrogen and oxygen atoms in total. The van der Waals surface area contributed by atoms with Crippen LogP contribution in [0.5, 0.6) is 0 Å². The van der Waals surface area contributed by atoms with E-state index in [4.69, 9.17) is 0 Å². The molecule has 2 heterocycles. The number of benzene rings is 1. The Morgan fingerprint density at radius 1 is 1.21 bits per heavy atom. The molecule has 1 aliphatic rings. The molecule has 1 fully saturated rings. The predicted octanol–water partition coefficient (Wildman–Crippen LogP) is 2.19. The van der Waals surface area contributed by atoms with Crippen LogP contribution < -0.4 is 5.32 Å². The van der Waals surface area contributed by atoms with Crippen molar-refractivity contribution in [2.45, 2.75) is 32.1 Å². The molecular weight excluding hydrogens is 390 g/mol. The molecule has 1 saturated heterocycles. The zero-order chi connectivity index (χ0) is 21.0. The lowest BCUT2D eigenvalue weighted by atomic mass is 10.1. The number of aromatic nitrogens is 2. The van der Waals surface area contributed by atoms with Crippen LogP contribution in [-0.2, 0) is 16.4 Å². The van der Waals surface area contributed by atoms with Crippen molar-refractivity contribution in [3.05, 3.63) is 41.7 Å². The first-order valence-electron chi connectivity index (χ1n) is 9.97. The molecule has 1 aromatic heterocycles. The third kappa shape index (κ3) is 5.23. The molecule has 9 heteroatoms. The highest BCUT2D eigenvalue weighted by molar-refractivity contribution is 7.89. The van der Waals surface area contributed by atoms with Crippen molar-refractivity contribution in [2.24, 2.45) is 5.92 Å². The van der Waals surface area contributed by atoms with Crippen LogP contribution in [0.1, 0.15) is 37.0 Å². The number of hydrogen-bond donors (Lipinski definition) is 2. The van der Waals surface area contributed by atoms with Gasteiger partial charge in [-0.25, -0.2) is 8.42 Å². The first-order chi connectivity index (χ1) is 13.8. The fraction of sp³-hybridized carbons (Fsp3) is 0.500. The van der Waals surface area contributed by atoms with Gasteiger partial charge in [0.05, 0.1) is 4.90 Å². The molecule has 1 aromatic carbocycles. The van der Waals surface area contributed by atoms with Crippen molar-refractivity contribution in [3.63, 3.8) is 0 Å². The maximum Gasteiger partial charge on any atom is 0.276 e. The number of amides is 1. The normalized spacial score (nSPS) is 16.3. The number of hydrogen-bond acceptors (Lipinski definition) is 5. The van der Waals surface area contributed by atoms with E-state index in [1.165, 1.54) is 10.4 Å². The van der Waals surface area contributed by atoms with E-state index in [0.717, 1.165) is 31.7 Å². The Kier molecular flexibility index (Phi) is 6.71. The van der Waals surface area contributed by atoms with Crippen LogP contribution in [0.15, 0.2) is 35.2 Å². The number of aromatic amines is 1. The van der Waals surface area contributed by atoms with Crippen molar-refractivity contribution in [1.82, 2.24) is 19.4 Å². The average Bonchev–Trinajstić information content (AvgIpc) is 3.16. The highest BCUT2D eigenvalue weighted by atomic mass is 32.2. The number of carbonyl (C=O) groups excluding carboxylic acids is 1. The predicted molar refractivity (Wildman–Crippen MR) is 112 cm³/mol. The number of nitrogens with one attached hydrogen (secondary N) is 2. The van der Waals surface area contributed by atoms with E-state index in [1.807, 2.05) is 0 Å². The summed E-state index contributed by atoms with van der Waals surface area (Å²) in [5.74, 6) is 0.0785. The highest BCUT2D eigenvalue weighted by Crippen LogP contribution is 2.21. The molecule has 2 aromatic rings. The molecule has 1 amide bonds. The zero-order valence-electron chi connectivity index (χ0n) is 17.2. The first-order valence-corrected chi connectivity index (χ1v) is 11.4. The first kappa shape index (κ1) is 21.5. The Labute approximate surface area is 172 Å². The molecule has 0 spiro atoms. The maximum atomic E-state index is 13.0. The van der Waals surface area contributed by atoms with Gasteiger partial charge in [-0.1, -0.05) is 26.8 Å². The average molecular weight is 420 g/mol. The topological polar surface area (TPSA) is 98.4 Å². The summed E-state index contributed by atoms with van der Waals surface area (Å²) in [4.78, 5) is 14.9. The van der Waals surface area contributed by atoms with E-state index in [-0.39, 0.29) is 16.5 Å². The van der Waals surface area contributed by atoms with Crippen LogP contribution in [0.3, 0.4) is 0 Å². The maximum absolute atomic E-state index is 13.0. The Morgan fingerprint density at radius 3 is 2.59 bits per heavy atom. The van der Waals surface area contributed by atoms with Gasteiger partial charge >= 0.3 is 0 Å². The van der Waals surface area contributed by atoms with Crippen molar-refractivity contribution in [3.8, 4) is 0 Å². The van der Waals surface area contributed by atoms with Gasteiger partial charge in [0.1, 0.15) is 0 Å². The summed E-state index contributed by atoms with van der Waals surface area (Å²) in [6.45, 7) is 9.57. The molecule has 158 valence electrons. The summed E-state index contributed by atoms with van der Waals surface area (Å²) in [7, 11) is -3.59. The molecule has 1 aliphatic heterocycles. The Bertz CT molecular complexity index is 947. The third-order valence-electron chi connectivity index (χ3n) is 5.00. The van der Waals surface area contributed by atoms with Crippen molar-refractivity contribution >= 4 is 21.6 Å². The number of H-pyrrole nitrogens is 1. The van der Waals surface area contributed by atoms with E-state index in [1.54, 1.807) is 24.3 Å². The summed E-state index contributed by atoms with van der Waals surface area (Å²) in [5, 5.41) is 9.67.